The highest BCUT2D eigenvalue weighted by molar-refractivity contribution is 6.07. The fraction of sp³-hybridized carbons (Fsp3) is 0.409. The molecule has 176 valence electrons. The molecule has 0 unspecified atom stereocenters. The van der Waals surface area contributed by atoms with Crippen molar-refractivity contribution in [2.75, 3.05) is 52.4 Å². The Kier molecular flexibility index (Phi) is 10.7. The molecule has 0 bridgehead atoms. The van der Waals surface area contributed by atoms with Gasteiger partial charge in [0, 0.05) is 36.5 Å². The molecule has 2 rings (SSSR count). The van der Waals surface area contributed by atoms with Crippen molar-refractivity contribution in [3.05, 3.63) is 52.1 Å². The Balaban J connectivity index is 0.00000512. The number of rotatable bonds is 11. The fourth-order valence-electron chi connectivity index (χ4n) is 3.24. The molecule has 32 heavy (non-hydrogen) atoms. The molecule has 9 nitrogen and oxygen atoms in total. The first-order valence-electron chi connectivity index (χ1n) is 9.98. The van der Waals surface area contributed by atoms with Gasteiger partial charge in [-0.3, -0.25) is 14.9 Å². The van der Waals surface area contributed by atoms with Crippen LogP contribution in [0, 0.1) is 10.1 Å². The number of amides is 1. The zero-order valence-electron chi connectivity index (χ0n) is 19.0. The zero-order chi connectivity index (χ0) is 23.0. The van der Waals surface area contributed by atoms with Crippen molar-refractivity contribution >= 4 is 29.7 Å². The van der Waals surface area contributed by atoms with Crippen molar-refractivity contribution in [3.8, 4) is 17.2 Å². The molecule has 10 heteroatoms. The summed E-state index contributed by atoms with van der Waals surface area (Å²) in [5.74, 6) is 0.863. The van der Waals surface area contributed by atoms with Crippen LogP contribution in [-0.2, 0) is 0 Å². The maximum Gasteiger partial charge on any atom is 0.269 e. The number of methoxy groups -OCH3 is 3. The summed E-state index contributed by atoms with van der Waals surface area (Å²) in [5, 5.41) is 11.0. The average Bonchev–Trinajstić information content (AvgIpc) is 2.80. The van der Waals surface area contributed by atoms with Gasteiger partial charge in [0.15, 0.2) is 11.5 Å². The predicted octanol–water partition coefficient (Wildman–Crippen LogP) is 4.03. The number of hydrogen-bond acceptors (Lipinski definition) is 7. The number of non-ortho nitro benzene ring substituents is 1. The number of halogens is 1. The molecule has 0 aliphatic heterocycles. The SMILES string of the molecule is CCN(CC)CCN(C(=O)c1cc(OC)c(OC)c(OC)c1)c1ccc([N+](=O)[O-])cc1.Cl. The number of hydrogen-bond donors (Lipinski definition) is 0. The first-order chi connectivity index (χ1) is 14.9. The molecule has 0 fully saturated rings. The van der Waals surface area contributed by atoms with Gasteiger partial charge in [0.05, 0.1) is 26.3 Å². The average molecular weight is 468 g/mol. The highest BCUT2D eigenvalue weighted by atomic mass is 35.5. The summed E-state index contributed by atoms with van der Waals surface area (Å²) in [6, 6.07) is 9.13. The Bertz CT molecular complexity index is 878. The topological polar surface area (TPSA) is 94.4 Å². The summed E-state index contributed by atoms with van der Waals surface area (Å²) in [6.07, 6.45) is 0. The third kappa shape index (κ3) is 6.24. The monoisotopic (exact) mass is 467 g/mol. The second-order valence-corrected chi connectivity index (χ2v) is 6.67. The number of nitrogens with zero attached hydrogens (tertiary/aromatic N) is 3. The van der Waals surface area contributed by atoms with Crippen molar-refractivity contribution in [3.63, 3.8) is 0 Å². The van der Waals surface area contributed by atoms with E-state index in [1.54, 1.807) is 29.2 Å². The number of nitro benzene ring substituents is 1. The largest absolute Gasteiger partial charge is 0.493 e. The van der Waals surface area contributed by atoms with E-state index in [2.05, 4.69) is 18.7 Å². The van der Waals surface area contributed by atoms with Crippen molar-refractivity contribution in [1.82, 2.24) is 4.90 Å². The Hall–Kier alpha value is -3.04. The molecule has 0 aromatic heterocycles. The van der Waals surface area contributed by atoms with Crippen LogP contribution in [-0.4, -0.2) is 63.2 Å². The van der Waals surface area contributed by atoms with E-state index in [9.17, 15) is 14.9 Å². The summed E-state index contributed by atoms with van der Waals surface area (Å²) in [5.41, 5.74) is 0.886. The lowest BCUT2D eigenvalue weighted by molar-refractivity contribution is -0.384. The summed E-state index contributed by atoms with van der Waals surface area (Å²) in [7, 11) is 4.47. The Morgan fingerprint density at radius 3 is 1.88 bits per heavy atom. The molecule has 0 heterocycles. The van der Waals surface area contributed by atoms with Crippen molar-refractivity contribution in [1.29, 1.82) is 0 Å². The summed E-state index contributed by atoms with van der Waals surface area (Å²) in [6.45, 7) is 6.88. The minimum Gasteiger partial charge on any atom is -0.493 e. The van der Waals surface area contributed by atoms with Gasteiger partial charge in [-0.15, -0.1) is 12.4 Å². The van der Waals surface area contributed by atoms with Gasteiger partial charge in [0.25, 0.3) is 11.6 Å². The smallest absolute Gasteiger partial charge is 0.269 e. The van der Waals surface area contributed by atoms with Crippen molar-refractivity contribution < 1.29 is 23.9 Å². The van der Waals surface area contributed by atoms with Crippen LogP contribution < -0.4 is 19.1 Å². The predicted molar refractivity (Wildman–Crippen MR) is 126 cm³/mol. The third-order valence-corrected chi connectivity index (χ3v) is 5.06. The number of ether oxygens (including phenoxy) is 3. The molecule has 0 aliphatic rings. The summed E-state index contributed by atoms with van der Waals surface area (Å²) < 4.78 is 16.1. The normalized spacial score (nSPS) is 10.3. The Morgan fingerprint density at radius 1 is 0.938 bits per heavy atom. The first kappa shape index (κ1) is 27.0. The van der Waals surface area contributed by atoms with E-state index in [1.807, 2.05) is 0 Å². The van der Waals surface area contributed by atoms with E-state index in [0.717, 1.165) is 13.1 Å². The fourth-order valence-corrected chi connectivity index (χ4v) is 3.24. The molecule has 0 atom stereocenters. The number of carbonyl (C=O) groups excluding carboxylic acids is 1. The van der Waals surface area contributed by atoms with Crippen LogP contribution >= 0.6 is 12.4 Å². The Morgan fingerprint density at radius 2 is 1.47 bits per heavy atom. The van der Waals surface area contributed by atoms with Gasteiger partial charge in [0.2, 0.25) is 5.75 Å². The zero-order valence-corrected chi connectivity index (χ0v) is 19.8. The maximum atomic E-state index is 13.5. The van der Waals surface area contributed by atoms with Crippen LogP contribution in [0.2, 0.25) is 0 Å². The van der Waals surface area contributed by atoms with E-state index in [4.69, 9.17) is 14.2 Å². The molecule has 0 spiro atoms. The molecular formula is C22H30ClN3O6. The highest BCUT2D eigenvalue weighted by Gasteiger charge is 2.23. The standard InChI is InChI=1S/C22H29N3O6.ClH/c1-6-23(7-2)12-13-24(17-8-10-18(11-9-17)25(27)28)22(26)16-14-19(29-3)21(31-5)20(15-16)30-4;/h8-11,14-15H,6-7,12-13H2,1-5H3;1H. The molecule has 0 saturated carbocycles. The lowest BCUT2D eigenvalue weighted by Crippen LogP contribution is -2.39. The summed E-state index contributed by atoms with van der Waals surface area (Å²) >= 11 is 0. The third-order valence-electron chi connectivity index (χ3n) is 5.06. The molecule has 1 amide bonds. The lowest BCUT2D eigenvalue weighted by atomic mass is 10.1. The van der Waals surface area contributed by atoms with Crippen LogP contribution in [0.4, 0.5) is 11.4 Å². The van der Waals surface area contributed by atoms with Crippen LogP contribution in [0.1, 0.15) is 24.2 Å². The van der Waals surface area contributed by atoms with E-state index < -0.39 is 4.92 Å². The number of benzene rings is 2. The van der Waals surface area contributed by atoms with Gasteiger partial charge in [0.1, 0.15) is 0 Å². The van der Waals surface area contributed by atoms with E-state index >= 15 is 0 Å². The van der Waals surface area contributed by atoms with E-state index in [-0.39, 0.29) is 24.0 Å². The minimum absolute atomic E-state index is 0. The van der Waals surface area contributed by atoms with Crippen LogP contribution in [0.15, 0.2) is 36.4 Å². The van der Waals surface area contributed by atoms with Gasteiger partial charge in [-0.05, 0) is 37.4 Å². The summed E-state index contributed by atoms with van der Waals surface area (Å²) in [4.78, 5) is 27.8. The number of carbonyl (C=O) groups is 1. The van der Waals surface area contributed by atoms with Crippen LogP contribution in [0.3, 0.4) is 0 Å². The molecular weight excluding hydrogens is 438 g/mol. The number of nitro groups is 1. The minimum atomic E-state index is -0.467. The molecule has 0 N–H and O–H groups in total. The Labute approximate surface area is 194 Å². The second-order valence-electron chi connectivity index (χ2n) is 6.67. The first-order valence-corrected chi connectivity index (χ1v) is 9.98. The van der Waals surface area contributed by atoms with E-state index in [0.29, 0.717) is 41.6 Å². The van der Waals surface area contributed by atoms with Crippen molar-refractivity contribution in [2.45, 2.75) is 13.8 Å². The second kappa shape index (κ2) is 12.7. The van der Waals surface area contributed by atoms with Gasteiger partial charge < -0.3 is 24.0 Å². The van der Waals surface area contributed by atoms with Gasteiger partial charge in [-0.1, -0.05) is 13.8 Å². The molecule has 2 aromatic rings. The van der Waals surface area contributed by atoms with Crippen LogP contribution in [0.5, 0.6) is 17.2 Å². The van der Waals surface area contributed by atoms with Gasteiger partial charge >= 0.3 is 0 Å². The maximum absolute atomic E-state index is 13.5. The van der Waals surface area contributed by atoms with Gasteiger partial charge in [-0.25, -0.2) is 0 Å². The molecule has 2 aromatic carbocycles. The number of likely N-dealkylation sites (N-methyl/N-ethyl adjacent to an activating group) is 1. The van der Waals surface area contributed by atoms with Crippen LogP contribution in [0.25, 0.3) is 0 Å². The van der Waals surface area contributed by atoms with Gasteiger partial charge in [-0.2, -0.15) is 0 Å². The lowest BCUT2D eigenvalue weighted by Gasteiger charge is -2.27. The molecule has 0 aliphatic carbocycles. The number of anilines is 1. The quantitative estimate of drug-likeness (QED) is 0.363. The van der Waals surface area contributed by atoms with E-state index in [1.165, 1.54) is 33.5 Å². The molecule has 0 saturated heterocycles. The van der Waals surface area contributed by atoms with Crippen molar-refractivity contribution in [2.24, 2.45) is 0 Å². The highest BCUT2D eigenvalue weighted by Crippen LogP contribution is 2.38. The molecule has 0 radical (unpaired) electrons.